The van der Waals surface area contributed by atoms with Crippen molar-refractivity contribution in [3.05, 3.63) is 54.6 Å². The smallest absolute Gasteiger partial charge is 0.298 e. The fourth-order valence-corrected chi connectivity index (χ4v) is 6.63. The van der Waals surface area contributed by atoms with Crippen LogP contribution in [0.4, 0.5) is 0 Å². The lowest BCUT2D eigenvalue weighted by molar-refractivity contribution is -0.167. The molecule has 0 amide bonds. The van der Waals surface area contributed by atoms with Gasteiger partial charge in [0.1, 0.15) is 5.75 Å². The molecule has 2 aromatic carbocycles. The Balaban J connectivity index is 2.46. The number of hydrogen-bond donors (Lipinski definition) is 0. The summed E-state index contributed by atoms with van der Waals surface area (Å²) in [5.74, 6) is 0.593. The van der Waals surface area contributed by atoms with Gasteiger partial charge in [-0.2, -0.15) is 0 Å². The van der Waals surface area contributed by atoms with Crippen molar-refractivity contribution >= 4 is 95.6 Å². The molecule has 202 valence electrons. The van der Waals surface area contributed by atoms with Crippen molar-refractivity contribution in [2.75, 3.05) is 11.9 Å². The van der Waals surface area contributed by atoms with Crippen LogP contribution in [0.25, 0.3) is 11.1 Å². The summed E-state index contributed by atoms with van der Waals surface area (Å²) in [5, 5.41) is 0.584. The lowest BCUT2D eigenvalue weighted by atomic mass is 10.1. The molecule has 0 radical (unpaired) electrons. The van der Waals surface area contributed by atoms with E-state index in [9.17, 15) is 0 Å². The van der Waals surface area contributed by atoms with Crippen LogP contribution in [0.1, 0.15) is 41.5 Å². The van der Waals surface area contributed by atoms with Crippen molar-refractivity contribution in [3.63, 3.8) is 0 Å². The van der Waals surface area contributed by atoms with Crippen LogP contribution in [0.2, 0.25) is 0 Å². The lowest BCUT2D eigenvalue weighted by Crippen LogP contribution is -2.59. The minimum absolute atomic E-state index is 0.219. The SMILES string of the molecule is CC(C)(C)OC(CBr)COC(Br)(Oc1cccc(-c2ccccc2)c1)C(Br)(Br)C(Br)(Br)OC(C)(C)C. The highest BCUT2D eigenvalue weighted by molar-refractivity contribution is 9.30. The Morgan fingerprint density at radius 2 is 1.33 bits per heavy atom. The maximum Gasteiger partial charge on any atom is 0.298 e. The molecule has 0 aliphatic heterocycles. The third kappa shape index (κ3) is 9.58. The molecule has 10 heteroatoms. The van der Waals surface area contributed by atoms with Crippen LogP contribution in [-0.2, 0) is 14.2 Å². The second kappa shape index (κ2) is 13.1. The minimum Gasteiger partial charge on any atom is -0.450 e. The fourth-order valence-electron chi connectivity index (χ4n) is 3.14. The van der Waals surface area contributed by atoms with Crippen molar-refractivity contribution in [1.29, 1.82) is 0 Å². The molecular formula is C26H32Br6O4. The molecular weight excluding hydrogens is 856 g/mol. The standard InChI is InChI=1S/C26H32Br6O4/c1-22(2,3)34-21(16-27)17-33-26(32,24(28,29)25(30,31)36-23(4,5)6)35-20-14-10-13-19(15-20)18-11-8-7-9-12-18/h7-15,21H,16-17H2,1-6H3. The number of alkyl halides is 6. The largest absolute Gasteiger partial charge is 0.450 e. The first-order valence-electron chi connectivity index (χ1n) is 11.3. The summed E-state index contributed by atoms with van der Waals surface area (Å²) in [7, 11) is 0. The predicted octanol–water partition coefficient (Wildman–Crippen LogP) is 10.1. The van der Waals surface area contributed by atoms with Gasteiger partial charge in [0.25, 0.3) is 4.70 Å². The van der Waals surface area contributed by atoms with E-state index in [2.05, 4.69) is 108 Å². The van der Waals surface area contributed by atoms with Crippen molar-refractivity contribution in [3.8, 4) is 16.9 Å². The van der Waals surface area contributed by atoms with Crippen LogP contribution in [0, 0.1) is 0 Å². The first-order valence-corrected chi connectivity index (χ1v) is 16.3. The van der Waals surface area contributed by atoms with Gasteiger partial charge in [-0.25, -0.2) is 0 Å². The van der Waals surface area contributed by atoms with E-state index in [1.165, 1.54) is 0 Å². The Morgan fingerprint density at radius 3 is 1.86 bits per heavy atom. The number of benzene rings is 2. The highest BCUT2D eigenvalue weighted by Crippen LogP contribution is 2.59. The second-order valence-electron chi connectivity index (χ2n) is 10.2. The van der Waals surface area contributed by atoms with Crippen molar-refractivity contribution in [2.45, 2.75) is 70.2 Å². The number of ether oxygens (including phenoxy) is 4. The van der Waals surface area contributed by atoms with Crippen LogP contribution < -0.4 is 4.74 Å². The Labute approximate surface area is 265 Å². The zero-order valence-corrected chi connectivity index (χ0v) is 30.6. The molecule has 0 saturated heterocycles. The monoisotopic (exact) mass is 882 g/mol. The Morgan fingerprint density at radius 1 is 0.750 bits per heavy atom. The van der Waals surface area contributed by atoms with E-state index in [1.807, 2.05) is 84.0 Å². The normalized spacial score (nSPS) is 15.9. The summed E-state index contributed by atoms with van der Waals surface area (Å²) < 4.78 is 21.6. The quantitative estimate of drug-likeness (QED) is 0.166. The zero-order valence-electron chi connectivity index (χ0n) is 21.1. The molecule has 0 fully saturated rings. The molecule has 0 aromatic heterocycles. The summed E-state index contributed by atoms with van der Waals surface area (Å²) in [4.78, 5) is 0. The third-order valence-electron chi connectivity index (χ3n) is 4.51. The summed E-state index contributed by atoms with van der Waals surface area (Å²) >= 11 is 22.2. The van der Waals surface area contributed by atoms with Crippen LogP contribution in [0.15, 0.2) is 54.6 Å². The maximum atomic E-state index is 6.54. The van der Waals surface area contributed by atoms with E-state index in [1.54, 1.807) is 0 Å². The van der Waals surface area contributed by atoms with Crippen molar-refractivity contribution in [1.82, 2.24) is 0 Å². The highest BCUT2D eigenvalue weighted by Gasteiger charge is 2.64. The molecule has 2 atom stereocenters. The topological polar surface area (TPSA) is 36.9 Å². The van der Waals surface area contributed by atoms with Crippen LogP contribution in [-0.4, -0.2) is 40.6 Å². The molecule has 4 nitrogen and oxygen atoms in total. The highest BCUT2D eigenvalue weighted by atomic mass is 79.9. The van der Waals surface area contributed by atoms with E-state index < -0.39 is 17.0 Å². The average molecular weight is 888 g/mol. The van der Waals surface area contributed by atoms with Gasteiger partial charge in [-0.3, -0.25) is 0 Å². The lowest BCUT2D eigenvalue weighted by Gasteiger charge is -2.47. The summed E-state index contributed by atoms with van der Waals surface area (Å²) in [6.45, 7) is 12.1. The van der Waals surface area contributed by atoms with Crippen molar-refractivity contribution < 1.29 is 18.9 Å². The minimum atomic E-state index is -1.48. The summed E-state index contributed by atoms with van der Waals surface area (Å²) in [6.07, 6.45) is -0.236. The van der Waals surface area contributed by atoms with Gasteiger partial charge in [0, 0.05) is 5.33 Å². The Bertz CT molecular complexity index is 972. The van der Waals surface area contributed by atoms with Gasteiger partial charge in [0.05, 0.1) is 23.9 Å². The molecule has 0 saturated carbocycles. The molecule has 2 unspecified atom stereocenters. The van der Waals surface area contributed by atoms with Gasteiger partial charge in [0.15, 0.2) is 0 Å². The van der Waals surface area contributed by atoms with Crippen LogP contribution in [0.5, 0.6) is 5.75 Å². The molecule has 0 bridgehead atoms. The molecule has 0 aliphatic rings. The first kappa shape index (κ1) is 33.2. The van der Waals surface area contributed by atoms with Crippen molar-refractivity contribution in [2.24, 2.45) is 0 Å². The van der Waals surface area contributed by atoms with E-state index in [0.29, 0.717) is 11.1 Å². The second-order valence-corrected chi connectivity index (χ2v) is 18.6. The number of hydrogen-bond acceptors (Lipinski definition) is 4. The number of rotatable bonds is 11. The first-order chi connectivity index (χ1) is 16.4. The van der Waals surface area contributed by atoms with Gasteiger partial charge in [-0.1, -0.05) is 90.3 Å². The van der Waals surface area contributed by atoms with Gasteiger partial charge in [-0.15, -0.1) is 0 Å². The van der Waals surface area contributed by atoms with E-state index in [4.69, 9.17) is 18.9 Å². The summed E-state index contributed by atoms with van der Waals surface area (Å²) in [5.41, 5.74) is 1.25. The summed E-state index contributed by atoms with van der Waals surface area (Å²) in [6, 6.07) is 17.9. The fraction of sp³-hybridized carbons (Fsp3) is 0.538. The Hall–Kier alpha value is 1.000. The van der Waals surface area contributed by atoms with Gasteiger partial charge in [0.2, 0.25) is 6.65 Å². The molecule has 36 heavy (non-hydrogen) atoms. The average Bonchev–Trinajstić information content (AvgIpc) is 2.75. The number of halogens is 6. The van der Waals surface area contributed by atoms with Gasteiger partial charge in [-0.05, 0) is 113 Å². The molecule has 2 rings (SSSR count). The van der Waals surface area contributed by atoms with Gasteiger partial charge < -0.3 is 18.9 Å². The van der Waals surface area contributed by atoms with Gasteiger partial charge >= 0.3 is 0 Å². The van der Waals surface area contributed by atoms with E-state index in [0.717, 1.165) is 11.1 Å². The Kier molecular flexibility index (Phi) is 12.1. The maximum absolute atomic E-state index is 6.54. The molecule has 0 heterocycles. The third-order valence-corrected chi connectivity index (χ3v) is 13.1. The van der Waals surface area contributed by atoms with Crippen LogP contribution >= 0.6 is 95.6 Å². The molecule has 0 aliphatic carbocycles. The molecule has 0 spiro atoms. The van der Waals surface area contributed by atoms with E-state index >= 15 is 0 Å². The predicted molar refractivity (Wildman–Crippen MR) is 171 cm³/mol. The zero-order chi connectivity index (χ0) is 27.4. The molecule has 2 aromatic rings. The van der Waals surface area contributed by atoms with E-state index in [-0.39, 0.29) is 18.3 Å². The molecule has 0 N–H and O–H groups in total. The van der Waals surface area contributed by atoms with Crippen LogP contribution in [0.3, 0.4) is 0 Å².